The first kappa shape index (κ1) is 16.2. The van der Waals surface area contributed by atoms with Crippen molar-refractivity contribution < 1.29 is 0 Å². The number of hydrogen-bond donors (Lipinski definition) is 0. The van der Waals surface area contributed by atoms with Crippen molar-refractivity contribution >= 4 is 33.2 Å². The average molecular weight is 370 g/mol. The number of thiophene rings is 1. The highest BCUT2D eigenvalue weighted by molar-refractivity contribution is 7.18. The summed E-state index contributed by atoms with van der Waals surface area (Å²) in [4.78, 5) is 19.6. The van der Waals surface area contributed by atoms with Gasteiger partial charge in [0.2, 0.25) is 0 Å². The predicted octanol–water partition coefficient (Wildman–Crippen LogP) is 5.03. The predicted molar refractivity (Wildman–Crippen MR) is 112 cm³/mol. The third kappa shape index (κ3) is 2.48. The Balaban J connectivity index is 1.87. The monoisotopic (exact) mass is 370 g/mol. The van der Waals surface area contributed by atoms with Gasteiger partial charge >= 0.3 is 0 Å². The number of aryl methyl sites for hydroxylation is 2. The Labute approximate surface area is 161 Å². The quantitative estimate of drug-likeness (QED) is 0.415. The van der Waals surface area contributed by atoms with Crippen LogP contribution < -0.4 is 5.56 Å². The number of aromatic nitrogens is 2. The Kier molecular flexibility index (Phi) is 3.62. The van der Waals surface area contributed by atoms with E-state index in [0.29, 0.717) is 0 Å². The van der Waals surface area contributed by atoms with Crippen LogP contribution >= 0.6 is 11.3 Å². The highest BCUT2D eigenvalue weighted by Gasteiger charge is 2.25. The molecule has 2 aromatic heterocycles. The molecule has 0 radical (unpaired) electrons. The number of fused-ring (bicyclic) bond motifs is 4. The third-order valence-corrected chi connectivity index (χ3v) is 6.51. The van der Waals surface area contributed by atoms with E-state index in [0.717, 1.165) is 44.8 Å². The third-order valence-electron chi connectivity index (χ3n) is 5.28. The lowest BCUT2D eigenvalue weighted by Gasteiger charge is -2.24. The first-order chi connectivity index (χ1) is 13.1. The van der Waals surface area contributed by atoms with Crippen LogP contribution in [0.25, 0.3) is 21.9 Å². The lowest BCUT2D eigenvalue weighted by molar-refractivity contribution is 0.769. The average Bonchev–Trinajstić information content (AvgIpc) is 2.99. The molecule has 1 aliphatic heterocycles. The van der Waals surface area contributed by atoms with E-state index in [2.05, 4.69) is 52.9 Å². The standard InChI is InChI=1S/C23H18N2OS/c1-14-15(2)27-23-20(14)22(26)24-21-19(12-16-8-4-3-5-9-16)18-11-7-6-10-17(18)13-25(21)23/h3-12H,13H2,1-2H3. The van der Waals surface area contributed by atoms with E-state index < -0.39 is 0 Å². The molecule has 0 atom stereocenters. The largest absolute Gasteiger partial charge is 0.312 e. The molecule has 2 aromatic carbocycles. The number of benzene rings is 2. The minimum Gasteiger partial charge on any atom is -0.312 e. The van der Waals surface area contributed by atoms with Crippen LogP contribution in [-0.4, -0.2) is 9.55 Å². The Morgan fingerprint density at radius 1 is 1.04 bits per heavy atom. The molecule has 0 fully saturated rings. The van der Waals surface area contributed by atoms with E-state index >= 15 is 0 Å². The summed E-state index contributed by atoms with van der Waals surface area (Å²) in [6.07, 6.45) is 2.13. The van der Waals surface area contributed by atoms with Gasteiger partial charge in [0, 0.05) is 10.5 Å². The molecular formula is C23H18N2OS. The van der Waals surface area contributed by atoms with Crippen LogP contribution in [0.1, 0.15) is 33.0 Å². The highest BCUT2D eigenvalue weighted by Crippen LogP contribution is 2.36. The molecule has 1 aliphatic rings. The molecule has 4 aromatic rings. The first-order valence-corrected chi connectivity index (χ1v) is 9.81. The van der Waals surface area contributed by atoms with Crippen molar-refractivity contribution in [1.82, 2.24) is 9.55 Å². The van der Waals surface area contributed by atoms with Crippen molar-refractivity contribution in [3.63, 3.8) is 0 Å². The van der Waals surface area contributed by atoms with E-state index in [1.165, 1.54) is 10.4 Å². The van der Waals surface area contributed by atoms with Crippen molar-refractivity contribution in [2.24, 2.45) is 0 Å². The van der Waals surface area contributed by atoms with E-state index in [1.54, 1.807) is 11.3 Å². The minimum absolute atomic E-state index is 0.128. The molecule has 4 heteroatoms. The summed E-state index contributed by atoms with van der Waals surface area (Å²) in [5.74, 6) is 0.760. The van der Waals surface area contributed by atoms with Gasteiger partial charge in [0.25, 0.3) is 5.56 Å². The van der Waals surface area contributed by atoms with Gasteiger partial charge in [-0.15, -0.1) is 11.3 Å². The fraction of sp³-hybridized carbons (Fsp3) is 0.130. The van der Waals surface area contributed by atoms with E-state index in [4.69, 9.17) is 0 Å². The molecule has 0 unspecified atom stereocenters. The lowest BCUT2D eigenvalue weighted by atomic mass is 9.93. The van der Waals surface area contributed by atoms with Gasteiger partial charge in [0.15, 0.2) is 0 Å². The van der Waals surface area contributed by atoms with Crippen LogP contribution in [0.4, 0.5) is 0 Å². The van der Waals surface area contributed by atoms with Crippen LogP contribution in [0.2, 0.25) is 0 Å². The summed E-state index contributed by atoms with van der Waals surface area (Å²) in [5, 5.41) is 0.764. The Morgan fingerprint density at radius 2 is 1.78 bits per heavy atom. The second kappa shape index (κ2) is 6.03. The molecule has 5 rings (SSSR count). The zero-order valence-electron chi connectivity index (χ0n) is 15.2. The van der Waals surface area contributed by atoms with Crippen LogP contribution in [0.15, 0.2) is 59.4 Å². The van der Waals surface area contributed by atoms with Gasteiger partial charge in [-0.1, -0.05) is 54.6 Å². The Bertz CT molecular complexity index is 1280. The second-order valence-electron chi connectivity index (χ2n) is 6.92. The van der Waals surface area contributed by atoms with Gasteiger partial charge in [-0.2, -0.15) is 4.98 Å². The molecular weight excluding hydrogens is 352 g/mol. The number of nitrogens with zero attached hydrogens (tertiary/aromatic N) is 2. The zero-order chi connectivity index (χ0) is 18.5. The molecule has 0 N–H and O–H groups in total. The Morgan fingerprint density at radius 3 is 2.59 bits per heavy atom. The summed E-state index contributed by atoms with van der Waals surface area (Å²) in [7, 11) is 0. The molecule has 0 saturated heterocycles. The number of hydrogen-bond acceptors (Lipinski definition) is 3. The van der Waals surface area contributed by atoms with Crippen LogP contribution in [0.5, 0.6) is 0 Å². The second-order valence-corrected chi connectivity index (χ2v) is 8.12. The van der Waals surface area contributed by atoms with Crippen LogP contribution in [-0.2, 0) is 6.54 Å². The molecule has 3 heterocycles. The lowest BCUT2D eigenvalue weighted by Crippen LogP contribution is -2.22. The zero-order valence-corrected chi connectivity index (χ0v) is 16.0. The van der Waals surface area contributed by atoms with Gasteiger partial charge in [0.05, 0.1) is 11.9 Å². The summed E-state index contributed by atoms with van der Waals surface area (Å²) in [6.45, 7) is 4.83. The topological polar surface area (TPSA) is 34.9 Å². The first-order valence-electron chi connectivity index (χ1n) is 8.99. The van der Waals surface area contributed by atoms with Crippen molar-refractivity contribution in [3.05, 3.63) is 97.9 Å². The Hall–Kier alpha value is -2.98. The van der Waals surface area contributed by atoms with Crippen molar-refractivity contribution in [1.29, 1.82) is 0 Å². The fourth-order valence-electron chi connectivity index (χ4n) is 3.78. The maximum absolute atomic E-state index is 12.8. The van der Waals surface area contributed by atoms with Crippen LogP contribution in [0, 0.1) is 13.8 Å². The molecule has 0 aliphatic carbocycles. The highest BCUT2D eigenvalue weighted by atomic mass is 32.1. The molecule has 3 nitrogen and oxygen atoms in total. The molecule has 132 valence electrons. The minimum atomic E-state index is -0.128. The van der Waals surface area contributed by atoms with E-state index in [1.807, 2.05) is 31.2 Å². The fourth-order valence-corrected chi connectivity index (χ4v) is 4.93. The van der Waals surface area contributed by atoms with Gasteiger partial charge in [-0.05, 0) is 42.2 Å². The smallest absolute Gasteiger partial charge is 0.282 e. The summed E-state index contributed by atoms with van der Waals surface area (Å²) < 4.78 is 2.21. The van der Waals surface area contributed by atoms with Gasteiger partial charge in [-0.3, -0.25) is 4.79 Å². The SMILES string of the molecule is Cc1sc2c(c1C)c(=O)nc1n2Cc2ccccc2C1=Cc1ccccc1. The molecule has 0 saturated carbocycles. The van der Waals surface area contributed by atoms with Crippen molar-refractivity contribution in [3.8, 4) is 0 Å². The molecule has 0 spiro atoms. The molecule has 27 heavy (non-hydrogen) atoms. The van der Waals surface area contributed by atoms with Crippen molar-refractivity contribution in [2.75, 3.05) is 0 Å². The summed E-state index contributed by atoms with van der Waals surface area (Å²) in [6, 6.07) is 18.6. The van der Waals surface area contributed by atoms with E-state index in [-0.39, 0.29) is 5.56 Å². The van der Waals surface area contributed by atoms with E-state index in [9.17, 15) is 4.79 Å². The van der Waals surface area contributed by atoms with Gasteiger partial charge in [0.1, 0.15) is 10.7 Å². The molecule has 0 bridgehead atoms. The summed E-state index contributed by atoms with van der Waals surface area (Å²) >= 11 is 1.69. The van der Waals surface area contributed by atoms with Crippen molar-refractivity contribution in [2.45, 2.75) is 20.4 Å². The maximum Gasteiger partial charge on any atom is 0.282 e. The summed E-state index contributed by atoms with van der Waals surface area (Å²) in [5.41, 5.74) is 5.43. The van der Waals surface area contributed by atoms with Crippen LogP contribution in [0.3, 0.4) is 0 Å². The van der Waals surface area contributed by atoms with Gasteiger partial charge < -0.3 is 4.57 Å². The maximum atomic E-state index is 12.8. The number of rotatable bonds is 1. The molecule has 0 amide bonds. The van der Waals surface area contributed by atoms with Gasteiger partial charge in [-0.25, -0.2) is 0 Å². The normalized spacial score (nSPS) is 14.4.